The Labute approximate surface area is 86.7 Å². The van der Waals surface area contributed by atoms with Gasteiger partial charge in [0.15, 0.2) is 8.24 Å². The summed E-state index contributed by atoms with van der Waals surface area (Å²) in [4.78, 5) is 2.86. The molecule has 76 valence electrons. The molecule has 0 spiro atoms. The summed E-state index contributed by atoms with van der Waals surface area (Å²) < 4.78 is 2.33. The zero-order valence-electron chi connectivity index (χ0n) is 9.07. The standard InChI is InChI=1S/C7H13NSi.C4H5N/c1-9(2,3)8-6-4-5-7-8;1-2-4-5-3-1/h4-7H,1-3H3;1-5H. The first-order valence-electron chi connectivity index (χ1n) is 4.82. The van der Waals surface area contributed by atoms with Crippen molar-refractivity contribution in [2.45, 2.75) is 19.6 Å². The molecule has 0 bridgehead atoms. The maximum atomic E-state index is 2.86. The highest BCUT2D eigenvalue weighted by molar-refractivity contribution is 6.74. The smallest absolute Gasteiger partial charge is 0.152 e. The molecule has 0 fully saturated rings. The Hall–Kier alpha value is -1.22. The molecule has 14 heavy (non-hydrogen) atoms. The Bertz CT molecular complexity index is 299. The van der Waals surface area contributed by atoms with Crippen LogP contribution in [0.3, 0.4) is 0 Å². The fourth-order valence-electron chi connectivity index (χ4n) is 1.06. The SMILES string of the molecule is C[Si](C)(C)n1cccc1.c1cc[nH]c1. The van der Waals surface area contributed by atoms with E-state index in [0.29, 0.717) is 0 Å². The van der Waals surface area contributed by atoms with Gasteiger partial charge in [-0.3, -0.25) is 0 Å². The van der Waals surface area contributed by atoms with Gasteiger partial charge in [-0.05, 0) is 36.7 Å². The molecule has 0 saturated carbocycles. The lowest BCUT2D eigenvalue weighted by atomic mass is 10.7. The van der Waals surface area contributed by atoms with Crippen LogP contribution < -0.4 is 0 Å². The number of hydrogen-bond donors (Lipinski definition) is 1. The second-order valence-electron chi connectivity index (χ2n) is 4.15. The van der Waals surface area contributed by atoms with E-state index in [-0.39, 0.29) is 0 Å². The van der Waals surface area contributed by atoms with E-state index in [9.17, 15) is 0 Å². The van der Waals surface area contributed by atoms with Crippen LogP contribution in [0.15, 0.2) is 49.1 Å². The molecule has 0 aliphatic heterocycles. The molecular weight excluding hydrogens is 188 g/mol. The van der Waals surface area contributed by atoms with Crippen molar-refractivity contribution in [3.8, 4) is 0 Å². The first kappa shape index (κ1) is 10.9. The fraction of sp³-hybridized carbons (Fsp3) is 0.273. The minimum atomic E-state index is -1.06. The molecule has 2 nitrogen and oxygen atoms in total. The Kier molecular flexibility index (Phi) is 3.77. The van der Waals surface area contributed by atoms with E-state index in [4.69, 9.17) is 0 Å². The second-order valence-corrected chi connectivity index (χ2v) is 9.00. The summed E-state index contributed by atoms with van der Waals surface area (Å²) in [6, 6.07) is 8.05. The van der Waals surface area contributed by atoms with Crippen molar-refractivity contribution in [3.05, 3.63) is 49.1 Å². The summed E-state index contributed by atoms with van der Waals surface area (Å²) >= 11 is 0. The number of nitrogens with zero attached hydrogens (tertiary/aromatic N) is 1. The lowest BCUT2D eigenvalue weighted by Crippen LogP contribution is -2.30. The van der Waals surface area contributed by atoms with Gasteiger partial charge in [0.1, 0.15) is 0 Å². The van der Waals surface area contributed by atoms with E-state index in [1.807, 2.05) is 24.5 Å². The normalized spacial score (nSPS) is 10.5. The Morgan fingerprint density at radius 3 is 1.57 bits per heavy atom. The van der Waals surface area contributed by atoms with Crippen LogP contribution in [-0.4, -0.2) is 17.5 Å². The average Bonchev–Trinajstić information content (AvgIpc) is 2.80. The summed E-state index contributed by atoms with van der Waals surface area (Å²) in [5.74, 6) is 0. The van der Waals surface area contributed by atoms with Gasteiger partial charge in [0.05, 0.1) is 0 Å². The van der Waals surface area contributed by atoms with Gasteiger partial charge in [-0.15, -0.1) is 0 Å². The van der Waals surface area contributed by atoms with Gasteiger partial charge in [0.25, 0.3) is 0 Å². The molecule has 0 aliphatic rings. The third-order valence-electron chi connectivity index (χ3n) is 1.88. The van der Waals surface area contributed by atoms with Gasteiger partial charge >= 0.3 is 0 Å². The highest BCUT2D eigenvalue weighted by atomic mass is 28.3. The Morgan fingerprint density at radius 2 is 1.36 bits per heavy atom. The van der Waals surface area contributed by atoms with Gasteiger partial charge in [-0.1, -0.05) is 19.6 Å². The molecule has 1 N–H and O–H groups in total. The minimum absolute atomic E-state index is 1.06. The van der Waals surface area contributed by atoms with Gasteiger partial charge < -0.3 is 9.22 Å². The van der Waals surface area contributed by atoms with Crippen LogP contribution in [0.5, 0.6) is 0 Å². The molecule has 0 atom stereocenters. The molecule has 2 heterocycles. The first-order valence-corrected chi connectivity index (χ1v) is 8.26. The predicted molar refractivity (Wildman–Crippen MR) is 64.0 cm³/mol. The van der Waals surface area contributed by atoms with E-state index >= 15 is 0 Å². The van der Waals surface area contributed by atoms with Crippen LogP contribution >= 0.6 is 0 Å². The molecule has 0 amide bonds. The lowest BCUT2D eigenvalue weighted by Gasteiger charge is -2.17. The highest BCUT2D eigenvalue weighted by Gasteiger charge is 2.13. The largest absolute Gasteiger partial charge is 0.381 e. The Balaban J connectivity index is 0.000000165. The van der Waals surface area contributed by atoms with Crippen molar-refractivity contribution in [1.82, 2.24) is 9.22 Å². The maximum Gasteiger partial charge on any atom is 0.152 e. The third-order valence-corrected chi connectivity index (χ3v) is 3.72. The van der Waals surface area contributed by atoms with Crippen molar-refractivity contribution >= 4 is 8.24 Å². The number of hydrogen-bond acceptors (Lipinski definition) is 0. The zero-order valence-corrected chi connectivity index (χ0v) is 10.1. The highest BCUT2D eigenvalue weighted by Crippen LogP contribution is 2.04. The summed E-state index contributed by atoms with van der Waals surface area (Å²) in [5, 5.41) is 0. The van der Waals surface area contributed by atoms with E-state index in [2.05, 4.69) is 53.4 Å². The van der Waals surface area contributed by atoms with Crippen LogP contribution in [0.2, 0.25) is 19.6 Å². The van der Waals surface area contributed by atoms with E-state index in [1.165, 1.54) is 0 Å². The number of aromatic amines is 1. The monoisotopic (exact) mass is 206 g/mol. The van der Waals surface area contributed by atoms with Crippen molar-refractivity contribution in [1.29, 1.82) is 0 Å². The van der Waals surface area contributed by atoms with Gasteiger partial charge in [0, 0.05) is 12.4 Å². The number of nitrogens with one attached hydrogen (secondary N) is 1. The van der Waals surface area contributed by atoms with Crippen LogP contribution in [-0.2, 0) is 0 Å². The molecule has 2 rings (SSSR count). The van der Waals surface area contributed by atoms with Gasteiger partial charge in [-0.25, -0.2) is 0 Å². The van der Waals surface area contributed by atoms with Crippen LogP contribution in [0.1, 0.15) is 0 Å². The molecule has 0 saturated heterocycles. The van der Waals surface area contributed by atoms with E-state index < -0.39 is 8.24 Å². The van der Waals surface area contributed by atoms with Crippen LogP contribution in [0.4, 0.5) is 0 Å². The average molecular weight is 206 g/mol. The Morgan fingerprint density at radius 1 is 0.857 bits per heavy atom. The second kappa shape index (κ2) is 4.86. The van der Waals surface area contributed by atoms with E-state index in [1.54, 1.807) is 0 Å². The van der Waals surface area contributed by atoms with Gasteiger partial charge in [-0.2, -0.15) is 0 Å². The molecule has 3 heteroatoms. The minimum Gasteiger partial charge on any atom is -0.381 e. The van der Waals surface area contributed by atoms with Crippen molar-refractivity contribution in [3.63, 3.8) is 0 Å². The predicted octanol–water partition coefficient (Wildman–Crippen LogP) is 3.19. The molecule has 0 aliphatic carbocycles. The van der Waals surface area contributed by atoms with Crippen molar-refractivity contribution in [2.75, 3.05) is 0 Å². The third kappa shape index (κ3) is 3.66. The number of rotatable bonds is 1. The molecule has 0 radical (unpaired) electrons. The number of aromatic nitrogens is 2. The van der Waals surface area contributed by atoms with Crippen molar-refractivity contribution in [2.24, 2.45) is 0 Å². The quantitative estimate of drug-likeness (QED) is 0.692. The molecule has 0 unspecified atom stereocenters. The first-order chi connectivity index (χ1) is 6.61. The zero-order chi connectivity index (χ0) is 10.4. The molecular formula is C11H18N2Si. The fourth-order valence-corrected chi connectivity index (χ4v) is 2.13. The summed E-state index contributed by atoms with van der Waals surface area (Å²) in [6.45, 7) is 6.98. The van der Waals surface area contributed by atoms with Crippen molar-refractivity contribution < 1.29 is 0 Å². The lowest BCUT2D eigenvalue weighted by molar-refractivity contribution is 1.15. The van der Waals surface area contributed by atoms with Crippen LogP contribution in [0, 0.1) is 0 Å². The van der Waals surface area contributed by atoms with Crippen LogP contribution in [0.25, 0.3) is 0 Å². The maximum absolute atomic E-state index is 2.86. The van der Waals surface area contributed by atoms with E-state index in [0.717, 1.165) is 0 Å². The topological polar surface area (TPSA) is 20.7 Å². The molecule has 2 aromatic rings. The summed E-state index contributed by atoms with van der Waals surface area (Å²) in [5.41, 5.74) is 0. The number of H-pyrrole nitrogens is 1. The summed E-state index contributed by atoms with van der Waals surface area (Å²) in [7, 11) is -1.06. The molecule has 2 aromatic heterocycles. The molecule has 0 aromatic carbocycles. The summed E-state index contributed by atoms with van der Waals surface area (Å²) in [6.07, 6.45) is 8.04. The van der Waals surface area contributed by atoms with Gasteiger partial charge in [0.2, 0.25) is 0 Å².